The third-order valence-corrected chi connectivity index (χ3v) is 3.74. The molecule has 0 amide bonds. The lowest BCUT2D eigenvalue weighted by atomic mass is 10.0. The van der Waals surface area contributed by atoms with Gasteiger partial charge >= 0.3 is 0 Å². The highest BCUT2D eigenvalue weighted by Crippen LogP contribution is 2.30. The molecule has 92 valence electrons. The van der Waals surface area contributed by atoms with Crippen LogP contribution in [0.15, 0.2) is 23.2 Å². The average molecular weight is 273 g/mol. The molecule has 1 heterocycles. The molecule has 0 radical (unpaired) electrons. The number of para-hydroxylation sites is 1. The first-order chi connectivity index (χ1) is 7.98. The van der Waals surface area contributed by atoms with E-state index < -0.39 is 0 Å². The van der Waals surface area contributed by atoms with Crippen LogP contribution >= 0.6 is 23.4 Å². The molecule has 0 aromatic heterocycles. The SMILES string of the molecule is CC1(C)CCSC(Nc2c(F)cccc2Cl)=N1. The zero-order chi connectivity index (χ0) is 12.5. The Hall–Kier alpha value is -0.740. The van der Waals surface area contributed by atoms with Crippen LogP contribution in [0.5, 0.6) is 0 Å². The number of aliphatic imine (C=N–C) groups is 1. The first kappa shape index (κ1) is 12.7. The van der Waals surface area contributed by atoms with E-state index in [9.17, 15) is 4.39 Å². The van der Waals surface area contributed by atoms with Gasteiger partial charge in [0.05, 0.1) is 16.2 Å². The number of halogens is 2. The first-order valence-electron chi connectivity index (χ1n) is 5.42. The van der Waals surface area contributed by atoms with Crippen molar-refractivity contribution in [2.75, 3.05) is 11.1 Å². The second-order valence-electron chi connectivity index (χ2n) is 4.55. The van der Waals surface area contributed by atoms with Crippen LogP contribution in [0.4, 0.5) is 10.1 Å². The van der Waals surface area contributed by atoms with E-state index in [0.717, 1.165) is 17.3 Å². The van der Waals surface area contributed by atoms with E-state index in [-0.39, 0.29) is 11.4 Å². The molecule has 2 nitrogen and oxygen atoms in total. The minimum Gasteiger partial charge on any atom is -0.331 e. The molecular weight excluding hydrogens is 259 g/mol. The molecule has 17 heavy (non-hydrogen) atoms. The molecule has 0 fully saturated rings. The fourth-order valence-corrected chi connectivity index (χ4v) is 3.04. The van der Waals surface area contributed by atoms with Gasteiger partial charge in [0.1, 0.15) is 5.82 Å². The minimum absolute atomic E-state index is 0.0919. The molecule has 1 aromatic rings. The van der Waals surface area contributed by atoms with Crippen LogP contribution in [0, 0.1) is 5.82 Å². The van der Waals surface area contributed by atoms with Gasteiger partial charge in [-0.2, -0.15) is 0 Å². The quantitative estimate of drug-likeness (QED) is 0.830. The summed E-state index contributed by atoms with van der Waals surface area (Å²) in [6.07, 6.45) is 1.02. The minimum atomic E-state index is -0.357. The van der Waals surface area contributed by atoms with Gasteiger partial charge in [0.2, 0.25) is 0 Å². The molecule has 1 aliphatic rings. The molecule has 1 aliphatic heterocycles. The maximum atomic E-state index is 13.6. The van der Waals surface area contributed by atoms with Gasteiger partial charge in [-0.25, -0.2) is 4.39 Å². The van der Waals surface area contributed by atoms with E-state index in [1.807, 2.05) is 0 Å². The smallest absolute Gasteiger partial charge is 0.161 e. The van der Waals surface area contributed by atoms with Crippen molar-refractivity contribution in [2.24, 2.45) is 4.99 Å². The largest absolute Gasteiger partial charge is 0.331 e. The lowest BCUT2D eigenvalue weighted by Gasteiger charge is -2.26. The predicted molar refractivity (Wildman–Crippen MR) is 73.6 cm³/mol. The fourth-order valence-electron chi connectivity index (χ4n) is 1.55. The fraction of sp³-hybridized carbons (Fsp3) is 0.417. The zero-order valence-electron chi connectivity index (χ0n) is 9.76. The lowest BCUT2D eigenvalue weighted by Crippen LogP contribution is -2.27. The Morgan fingerprint density at radius 3 is 2.88 bits per heavy atom. The normalized spacial score (nSPS) is 18.7. The number of nitrogens with zero attached hydrogens (tertiary/aromatic N) is 1. The van der Waals surface area contributed by atoms with Gasteiger partial charge in [0.25, 0.3) is 0 Å². The van der Waals surface area contributed by atoms with Gasteiger partial charge in [-0.3, -0.25) is 4.99 Å². The summed E-state index contributed by atoms with van der Waals surface area (Å²) in [5.41, 5.74) is 0.212. The van der Waals surface area contributed by atoms with E-state index in [4.69, 9.17) is 11.6 Å². The molecule has 1 N–H and O–H groups in total. The van der Waals surface area contributed by atoms with Crippen LogP contribution in [0.25, 0.3) is 0 Å². The Morgan fingerprint density at radius 2 is 2.24 bits per heavy atom. The Morgan fingerprint density at radius 1 is 1.47 bits per heavy atom. The Balaban J connectivity index is 2.24. The lowest BCUT2D eigenvalue weighted by molar-refractivity contribution is 0.507. The Kier molecular flexibility index (Phi) is 3.64. The van der Waals surface area contributed by atoms with E-state index >= 15 is 0 Å². The van der Waals surface area contributed by atoms with Crippen molar-refractivity contribution in [2.45, 2.75) is 25.8 Å². The van der Waals surface area contributed by atoms with Crippen molar-refractivity contribution in [3.8, 4) is 0 Å². The van der Waals surface area contributed by atoms with Crippen molar-refractivity contribution in [3.63, 3.8) is 0 Å². The molecule has 0 atom stereocenters. The average Bonchev–Trinajstić information content (AvgIpc) is 2.22. The number of amidine groups is 1. The van der Waals surface area contributed by atoms with Gasteiger partial charge in [0, 0.05) is 5.75 Å². The van der Waals surface area contributed by atoms with Crippen LogP contribution in [0.3, 0.4) is 0 Å². The molecule has 5 heteroatoms. The number of nitrogens with one attached hydrogen (secondary N) is 1. The summed E-state index contributed by atoms with van der Waals surface area (Å²) in [6, 6.07) is 4.63. The van der Waals surface area contributed by atoms with Crippen LogP contribution in [0.1, 0.15) is 20.3 Å². The number of hydrogen-bond acceptors (Lipinski definition) is 3. The molecule has 1 aromatic carbocycles. The summed E-state index contributed by atoms with van der Waals surface area (Å²) >= 11 is 7.54. The summed E-state index contributed by atoms with van der Waals surface area (Å²) in [4.78, 5) is 4.53. The Labute approximate surface area is 110 Å². The van der Waals surface area contributed by atoms with Crippen molar-refractivity contribution < 1.29 is 4.39 Å². The second kappa shape index (κ2) is 4.86. The van der Waals surface area contributed by atoms with Gasteiger partial charge in [-0.1, -0.05) is 29.4 Å². The highest BCUT2D eigenvalue weighted by atomic mass is 35.5. The summed E-state index contributed by atoms with van der Waals surface area (Å²) in [5, 5.41) is 4.08. The van der Waals surface area contributed by atoms with Crippen molar-refractivity contribution >= 4 is 34.2 Å². The molecule has 0 aliphatic carbocycles. The monoisotopic (exact) mass is 272 g/mol. The van der Waals surface area contributed by atoms with Crippen LogP contribution in [-0.4, -0.2) is 16.5 Å². The van der Waals surface area contributed by atoms with Crippen molar-refractivity contribution in [1.29, 1.82) is 0 Å². The Bertz CT molecular complexity index is 440. The third-order valence-electron chi connectivity index (χ3n) is 2.55. The summed E-state index contributed by atoms with van der Waals surface area (Å²) in [7, 11) is 0. The first-order valence-corrected chi connectivity index (χ1v) is 6.78. The van der Waals surface area contributed by atoms with Crippen molar-refractivity contribution in [3.05, 3.63) is 29.0 Å². The second-order valence-corrected chi connectivity index (χ2v) is 6.04. The summed E-state index contributed by atoms with van der Waals surface area (Å²) < 4.78 is 13.6. The van der Waals surface area contributed by atoms with E-state index in [0.29, 0.717) is 10.7 Å². The number of hydrogen-bond donors (Lipinski definition) is 1. The molecule has 2 rings (SSSR count). The predicted octanol–water partition coefficient (Wildman–Crippen LogP) is 4.16. The van der Waals surface area contributed by atoms with Gasteiger partial charge in [-0.15, -0.1) is 0 Å². The van der Waals surface area contributed by atoms with Crippen LogP contribution in [-0.2, 0) is 0 Å². The van der Waals surface area contributed by atoms with Crippen LogP contribution < -0.4 is 5.32 Å². The number of anilines is 1. The van der Waals surface area contributed by atoms with E-state index in [1.54, 1.807) is 23.9 Å². The number of benzene rings is 1. The van der Waals surface area contributed by atoms with Crippen molar-refractivity contribution in [1.82, 2.24) is 0 Å². The standard InChI is InChI=1S/C12H14ClFN2S/c1-12(2)6-7-17-11(16-12)15-10-8(13)4-3-5-9(10)14/h3-5H,6-7H2,1-2H3,(H,15,16). The number of thioether (sulfide) groups is 1. The van der Waals surface area contributed by atoms with E-state index in [2.05, 4.69) is 24.2 Å². The molecule has 0 spiro atoms. The summed E-state index contributed by atoms with van der Waals surface area (Å²) in [5.74, 6) is 0.620. The molecule has 0 bridgehead atoms. The van der Waals surface area contributed by atoms with E-state index in [1.165, 1.54) is 6.07 Å². The topological polar surface area (TPSA) is 24.4 Å². The van der Waals surface area contributed by atoms with Gasteiger partial charge in [0.15, 0.2) is 5.17 Å². The maximum Gasteiger partial charge on any atom is 0.161 e. The van der Waals surface area contributed by atoms with Crippen LogP contribution in [0.2, 0.25) is 5.02 Å². The highest BCUT2D eigenvalue weighted by molar-refractivity contribution is 8.14. The molecule has 0 saturated carbocycles. The van der Waals surface area contributed by atoms with Gasteiger partial charge in [-0.05, 0) is 32.4 Å². The zero-order valence-corrected chi connectivity index (χ0v) is 11.3. The molecule has 0 unspecified atom stereocenters. The number of rotatable bonds is 1. The maximum absolute atomic E-state index is 13.6. The molecular formula is C12H14ClFN2S. The van der Waals surface area contributed by atoms with Gasteiger partial charge < -0.3 is 5.32 Å². The molecule has 0 saturated heterocycles. The highest BCUT2D eigenvalue weighted by Gasteiger charge is 2.23. The summed E-state index contributed by atoms with van der Waals surface area (Å²) in [6.45, 7) is 4.13. The third kappa shape index (κ3) is 3.13.